The van der Waals surface area contributed by atoms with Gasteiger partial charge in [-0.2, -0.15) is 0 Å². The van der Waals surface area contributed by atoms with Crippen LogP contribution in [0.25, 0.3) is 0 Å². The van der Waals surface area contributed by atoms with Gasteiger partial charge in [-0.1, -0.05) is 12.8 Å². The number of piperidine rings is 1. The molecule has 6 aliphatic rings. The predicted octanol–water partition coefficient (Wildman–Crippen LogP) is -1.08. The normalized spacial score (nSPS) is 43.3. The molecule has 5 aliphatic heterocycles. The average Bonchev–Trinajstić information content (AvgIpc) is 3.58. The SMILES string of the molecule is NC(=O)C1NCC(N[C@@H]2CCCC[C@@H]2O)CC1NC1CNC(C2COC3C(=O)C=C(N4CCOCC4)SC32)S1. The molecule has 1 amide bonds. The fraction of sp³-hybridized carbons (Fsp3) is 0.846. The number of morpholine rings is 1. The summed E-state index contributed by atoms with van der Waals surface area (Å²) in [5.41, 5.74) is 5.78. The number of fused-ring (bicyclic) bond motifs is 1. The number of hydrogen-bond donors (Lipinski definition) is 6. The highest BCUT2D eigenvalue weighted by Gasteiger charge is 2.50. The van der Waals surface area contributed by atoms with E-state index in [0.717, 1.165) is 56.8 Å². The monoisotopic (exact) mass is 582 g/mol. The van der Waals surface area contributed by atoms with E-state index >= 15 is 0 Å². The molecule has 0 aromatic carbocycles. The Bertz CT molecular complexity index is 939. The van der Waals surface area contributed by atoms with Gasteiger partial charge in [0.2, 0.25) is 5.91 Å². The van der Waals surface area contributed by atoms with E-state index in [1.54, 1.807) is 17.8 Å². The van der Waals surface area contributed by atoms with Gasteiger partial charge in [-0.3, -0.25) is 14.9 Å². The smallest absolute Gasteiger partial charge is 0.236 e. The number of nitrogens with one attached hydrogen (secondary N) is 4. The summed E-state index contributed by atoms with van der Waals surface area (Å²) in [4.78, 5) is 27.5. The molecule has 0 bridgehead atoms. The second-order valence-electron chi connectivity index (χ2n) is 11.6. The van der Waals surface area contributed by atoms with Gasteiger partial charge in [0.15, 0.2) is 5.78 Å². The van der Waals surface area contributed by atoms with Crippen LogP contribution in [0.3, 0.4) is 0 Å². The van der Waals surface area contributed by atoms with Crippen LogP contribution in [-0.2, 0) is 19.1 Å². The summed E-state index contributed by atoms with van der Waals surface area (Å²) in [6.07, 6.45) is 5.86. The van der Waals surface area contributed by atoms with Crippen LogP contribution in [0.15, 0.2) is 11.1 Å². The number of ether oxygens (including phenoxy) is 2. The Hall–Kier alpha value is -0.900. The average molecular weight is 583 g/mol. The molecule has 5 heterocycles. The first-order chi connectivity index (χ1) is 19.0. The Balaban J connectivity index is 1.06. The third-order valence-electron chi connectivity index (χ3n) is 8.93. The van der Waals surface area contributed by atoms with Crippen LogP contribution in [0.2, 0.25) is 0 Å². The minimum Gasteiger partial charge on any atom is -0.392 e. The molecule has 10 atom stereocenters. The molecule has 1 saturated carbocycles. The minimum atomic E-state index is -0.439. The molecule has 11 nitrogen and oxygen atoms in total. The molecule has 0 aromatic heterocycles. The van der Waals surface area contributed by atoms with Crippen molar-refractivity contribution in [3.63, 3.8) is 0 Å². The summed E-state index contributed by atoms with van der Waals surface area (Å²) in [6, 6.07) is -0.289. The molecule has 13 heteroatoms. The number of rotatable bonds is 7. The Kier molecular flexibility index (Phi) is 9.08. The molecular formula is C26H42N6O5S2. The molecule has 8 unspecified atom stereocenters. The fourth-order valence-electron chi connectivity index (χ4n) is 6.83. The number of amides is 1. The first-order valence-corrected chi connectivity index (χ1v) is 16.3. The highest BCUT2D eigenvalue weighted by Crippen LogP contribution is 2.45. The van der Waals surface area contributed by atoms with Gasteiger partial charge in [0.25, 0.3) is 0 Å². The highest BCUT2D eigenvalue weighted by atomic mass is 32.2. The van der Waals surface area contributed by atoms with Gasteiger partial charge >= 0.3 is 0 Å². The quantitative estimate of drug-likeness (QED) is 0.217. The lowest BCUT2D eigenvalue weighted by Crippen LogP contribution is -2.66. The summed E-state index contributed by atoms with van der Waals surface area (Å²) < 4.78 is 11.5. The van der Waals surface area contributed by atoms with E-state index < -0.39 is 6.04 Å². The van der Waals surface area contributed by atoms with Gasteiger partial charge in [-0.15, -0.1) is 23.5 Å². The van der Waals surface area contributed by atoms with Crippen molar-refractivity contribution in [1.29, 1.82) is 0 Å². The molecule has 4 saturated heterocycles. The lowest BCUT2D eigenvalue weighted by Gasteiger charge is -2.40. The maximum Gasteiger partial charge on any atom is 0.236 e. The molecule has 7 N–H and O–H groups in total. The van der Waals surface area contributed by atoms with Gasteiger partial charge in [0, 0.05) is 56.3 Å². The van der Waals surface area contributed by atoms with Crippen LogP contribution in [0.4, 0.5) is 0 Å². The number of carbonyl (C=O) groups is 2. The van der Waals surface area contributed by atoms with Crippen LogP contribution >= 0.6 is 23.5 Å². The zero-order valence-electron chi connectivity index (χ0n) is 22.3. The van der Waals surface area contributed by atoms with Gasteiger partial charge in [-0.05, 0) is 19.3 Å². The van der Waals surface area contributed by atoms with Crippen molar-refractivity contribution < 1.29 is 24.2 Å². The Labute approximate surface area is 238 Å². The van der Waals surface area contributed by atoms with Crippen molar-refractivity contribution in [2.75, 3.05) is 46.0 Å². The van der Waals surface area contributed by atoms with E-state index in [2.05, 4.69) is 26.2 Å². The summed E-state index contributed by atoms with van der Waals surface area (Å²) in [7, 11) is 0. The largest absolute Gasteiger partial charge is 0.392 e. The second-order valence-corrected chi connectivity index (χ2v) is 14.1. The summed E-state index contributed by atoms with van der Waals surface area (Å²) in [5.74, 6) is -0.0773. The van der Waals surface area contributed by atoms with E-state index in [-0.39, 0.29) is 63.9 Å². The topological polar surface area (TPSA) is 150 Å². The number of nitrogens with two attached hydrogens (primary N) is 1. The zero-order valence-corrected chi connectivity index (χ0v) is 23.9. The number of thioether (sulfide) groups is 2. The number of primary amides is 1. The van der Waals surface area contributed by atoms with Crippen LogP contribution in [0.5, 0.6) is 0 Å². The van der Waals surface area contributed by atoms with E-state index in [0.29, 0.717) is 26.4 Å². The molecule has 218 valence electrons. The number of hydrogen-bond acceptors (Lipinski definition) is 12. The molecule has 0 aromatic rings. The number of aliphatic hydroxyl groups is 1. The summed E-state index contributed by atoms with van der Waals surface area (Å²) in [6.45, 7) is 4.96. The molecule has 39 heavy (non-hydrogen) atoms. The summed E-state index contributed by atoms with van der Waals surface area (Å²) in [5, 5.41) is 26.2. The van der Waals surface area contributed by atoms with E-state index in [4.69, 9.17) is 15.2 Å². The van der Waals surface area contributed by atoms with Crippen molar-refractivity contribution in [3.8, 4) is 0 Å². The first kappa shape index (κ1) is 28.2. The predicted molar refractivity (Wildman–Crippen MR) is 151 cm³/mol. The first-order valence-electron chi connectivity index (χ1n) is 14.4. The van der Waals surface area contributed by atoms with Gasteiger partial charge in [-0.25, -0.2) is 0 Å². The van der Waals surface area contributed by atoms with E-state index in [1.807, 2.05) is 11.8 Å². The van der Waals surface area contributed by atoms with Crippen LogP contribution in [0, 0.1) is 5.92 Å². The van der Waals surface area contributed by atoms with Crippen molar-refractivity contribution in [2.24, 2.45) is 11.7 Å². The van der Waals surface area contributed by atoms with E-state index in [9.17, 15) is 14.7 Å². The maximum atomic E-state index is 12.9. The number of ketones is 1. The van der Waals surface area contributed by atoms with Gasteiger partial charge < -0.3 is 41.2 Å². The second kappa shape index (κ2) is 12.5. The standard InChI is InChI=1S/C26H42N6O5S2/c27-25(35)22-17(9-14(11-28-22)30-16-3-1-2-4-18(16)33)31-20-12-29-26(38-20)15-13-37-23-19(34)10-21(39-24(15)23)32-5-7-36-8-6-32/h10,14-18,20,22-24,26,28-31,33H,1-9,11-13H2,(H2,27,35)/t14?,15?,16-,17?,18+,20?,22?,23?,24?,26?/m1/s1. The van der Waals surface area contributed by atoms with Crippen molar-refractivity contribution in [2.45, 2.75) is 84.5 Å². The minimum absolute atomic E-state index is 0.0691. The van der Waals surface area contributed by atoms with E-state index in [1.165, 1.54) is 0 Å². The Morgan fingerprint density at radius 3 is 2.74 bits per heavy atom. The molecule has 0 radical (unpaired) electrons. The Morgan fingerprint density at radius 1 is 1.13 bits per heavy atom. The maximum absolute atomic E-state index is 12.9. The van der Waals surface area contributed by atoms with Gasteiger partial charge in [0.05, 0.1) is 47.0 Å². The molecule has 5 fully saturated rings. The van der Waals surface area contributed by atoms with Crippen molar-refractivity contribution in [1.82, 2.24) is 26.2 Å². The summed E-state index contributed by atoms with van der Waals surface area (Å²) >= 11 is 3.60. The highest BCUT2D eigenvalue weighted by molar-refractivity contribution is 8.04. The number of carbonyl (C=O) groups excluding carboxylic acids is 2. The van der Waals surface area contributed by atoms with Crippen molar-refractivity contribution in [3.05, 3.63) is 11.1 Å². The van der Waals surface area contributed by atoms with Crippen LogP contribution < -0.4 is 27.0 Å². The molecule has 0 spiro atoms. The fourth-order valence-corrected chi connectivity index (χ4v) is 9.91. The third kappa shape index (κ3) is 6.31. The third-order valence-corrected chi connectivity index (χ3v) is 11.9. The molecule has 1 aliphatic carbocycles. The zero-order chi connectivity index (χ0) is 26.9. The van der Waals surface area contributed by atoms with Crippen molar-refractivity contribution >= 4 is 35.2 Å². The molecule has 6 rings (SSSR count). The lowest BCUT2D eigenvalue weighted by atomic mass is 9.89. The van der Waals surface area contributed by atoms with Crippen LogP contribution in [-0.4, -0.2) is 120 Å². The van der Waals surface area contributed by atoms with Crippen LogP contribution in [0.1, 0.15) is 32.1 Å². The number of nitrogens with zero attached hydrogens (tertiary/aromatic N) is 1. The molecular weight excluding hydrogens is 540 g/mol. The lowest BCUT2D eigenvalue weighted by molar-refractivity contribution is -0.123. The van der Waals surface area contributed by atoms with Gasteiger partial charge in [0.1, 0.15) is 12.1 Å². The number of aliphatic hydroxyl groups excluding tert-OH is 1. The Morgan fingerprint density at radius 2 is 1.95 bits per heavy atom.